The van der Waals surface area contributed by atoms with E-state index in [9.17, 15) is 9.59 Å². The van der Waals surface area contributed by atoms with Gasteiger partial charge in [-0.25, -0.2) is 4.79 Å². The second-order valence-electron chi connectivity index (χ2n) is 19.3. The Morgan fingerprint density at radius 1 is 0.610 bits per heavy atom. The van der Waals surface area contributed by atoms with E-state index in [2.05, 4.69) is 0 Å². The fourth-order valence-electron chi connectivity index (χ4n) is 11.8. The number of carbonyl (C=O) groups excluding carboxylic acids is 1. The van der Waals surface area contributed by atoms with Gasteiger partial charge < -0.3 is 47.7 Å². The molecule has 4 aliphatic rings. The van der Waals surface area contributed by atoms with Gasteiger partial charge in [0.15, 0.2) is 18.1 Å². The Labute approximate surface area is 443 Å². The van der Waals surface area contributed by atoms with Gasteiger partial charge in [0.2, 0.25) is 0 Å². The minimum absolute atomic E-state index is 0.0519. The van der Waals surface area contributed by atoms with Gasteiger partial charge in [0.25, 0.3) is 11.5 Å². The Balaban J connectivity index is 1.14. The Morgan fingerprint density at radius 3 is 1.62 bits per heavy atom. The number of aliphatic hydroxyl groups is 1. The number of nitrogens with zero attached hydrogens (tertiary/aromatic N) is 2. The van der Waals surface area contributed by atoms with E-state index in [0.29, 0.717) is 91.2 Å². The Kier molecular flexibility index (Phi) is 12.9. The number of carbonyl (C=O) groups is 1. The molecule has 0 spiro atoms. The molecule has 7 aromatic carbocycles. The molecule has 0 radical (unpaired) electrons. The molecule has 2 fully saturated rings. The zero-order valence-corrected chi connectivity index (χ0v) is 42.4. The van der Waals surface area contributed by atoms with Crippen molar-refractivity contribution in [2.45, 2.75) is 60.6 Å². The maximum atomic E-state index is 15.4. The second kappa shape index (κ2) is 20.0. The molecule has 77 heavy (non-hydrogen) atoms. The molecule has 12 rings (SSSR count). The fourth-order valence-corrected chi connectivity index (χ4v) is 11.8. The summed E-state index contributed by atoms with van der Waals surface area (Å²) in [5, 5.41) is 15.4. The molecule has 0 saturated carbocycles. The highest BCUT2D eigenvalue weighted by atomic mass is 16.7. The molecule has 15 nitrogen and oxygen atoms in total. The maximum Gasteiger partial charge on any atom is 0.340 e. The van der Waals surface area contributed by atoms with Crippen molar-refractivity contribution in [1.29, 1.82) is 0 Å². The molecule has 1 aromatic heterocycles. The number of hydrogen-bond donors (Lipinski definition) is 1. The summed E-state index contributed by atoms with van der Waals surface area (Å²) in [4.78, 5) is 43.8. The van der Waals surface area contributed by atoms with Crippen molar-refractivity contribution in [3.05, 3.63) is 242 Å². The smallest absolute Gasteiger partial charge is 0.340 e. The van der Waals surface area contributed by atoms with E-state index >= 15 is 9.90 Å². The van der Waals surface area contributed by atoms with Crippen LogP contribution in [0.4, 0.5) is 0 Å². The summed E-state index contributed by atoms with van der Waals surface area (Å²) in [5.74, 6) is 2.70. The number of rotatable bonds is 13. The van der Waals surface area contributed by atoms with E-state index in [-0.39, 0.29) is 5.56 Å². The number of methoxy groups -OCH3 is 3. The molecular weight excluding hydrogens is 981 g/mol. The van der Waals surface area contributed by atoms with Crippen LogP contribution >= 0.6 is 0 Å². The van der Waals surface area contributed by atoms with Gasteiger partial charge in [-0.05, 0) is 103 Å². The van der Waals surface area contributed by atoms with Gasteiger partial charge in [0.1, 0.15) is 58.1 Å². The van der Waals surface area contributed by atoms with Crippen LogP contribution in [0.25, 0.3) is 0 Å². The average molecular weight is 1040 g/mol. The van der Waals surface area contributed by atoms with Gasteiger partial charge in [-0.3, -0.25) is 14.2 Å². The summed E-state index contributed by atoms with van der Waals surface area (Å²) in [7, 11) is 4.67. The molecule has 0 bridgehead atoms. The number of fused-ring (bicyclic) bond motifs is 4. The normalized spacial score (nSPS) is 21.5. The molecule has 1 unspecified atom stereocenters. The van der Waals surface area contributed by atoms with Gasteiger partial charge in [-0.15, -0.1) is 0 Å². The number of aromatic nitrogens is 2. The van der Waals surface area contributed by atoms with E-state index in [1.54, 1.807) is 26.4 Å². The fraction of sp³-hybridized carbons (Fsp3) is 0.242. The lowest BCUT2D eigenvalue weighted by Crippen LogP contribution is -2.66. The first kappa shape index (κ1) is 49.6. The maximum absolute atomic E-state index is 15.4. The first-order valence-electron chi connectivity index (χ1n) is 25.5. The first-order valence-corrected chi connectivity index (χ1v) is 25.5. The van der Waals surface area contributed by atoms with Gasteiger partial charge in [-0.1, -0.05) is 97.1 Å². The molecule has 0 aliphatic carbocycles. The van der Waals surface area contributed by atoms with Gasteiger partial charge in [-0.2, -0.15) is 4.57 Å². The topological polar surface area (TPSA) is 164 Å². The quantitative estimate of drug-likeness (QED) is 0.116. The molecule has 5 heterocycles. The van der Waals surface area contributed by atoms with Crippen LogP contribution in [0.15, 0.2) is 192 Å². The Hall–Kier alpha value is -8.31. The van der Waals surface area contributed by atoms with Crippen LogP contribution in [0.5, 0.6) is 40.2 Å². The average Bonchev–Trinajstić information content (AvgIpc) is 4.06. The van der Waals surface area contributed by atoms with Crippen molar-refractivity contribution in [3.63, 3.8) is 0 Å². The van der Waals surface area contributed by atoms with Gasteiger partial charge >= 0.3 is 5.69 Å². The second-order valence-corrected chi connectivity index (χ2v) is 19.3. The van der Waals surface area contributed by atoms with Crippen molar-refractivity contribution in [2.75, 3.05) is 34.5 Å². The van der Waals surface area contributed by atoms with E-state index in [4.69, 9.17) is 42.6 Å². The molecule has 4 aliphatic heterocycles. The number of para-hydroxylation sites is 4. The largest absolute Gasteiger partial charge is 0.497 e. The van der Waals surface area contributed by atoms with E-state index in [1.165, 1.54) is 25.4 Å². The van der Waals surface area contributed by atoms with Gasteiger partial charge in [0, 0.05) is 46.7 Å². The van der Waals surface area contributed by atoms with Crippen molar-refractivity contribution >= 4 is 5.91 Å². The molecule has 8 aromatic rings. The lowest BCUT2D eigenvalue weighted by molar-refractivity contribution is -0.239. The van der Waals surface area contributed by atoms with Crippen LogP contribution in [0.2, 0.25) is 0 Å². The highest BCUT2D eigenvalue weighted by molar-refractivity contribution is 5.95. The Morgan fingerprint density at radius 2 is 1.10 bits per heavy atom. The zero-order chi connectivity index (χ0) is 52.9. The molecule has 5 atom stereocenters. The van der Waals surface area contributed by atoms with Crippen molar-refractivity contribution in [1.82, 2.24) is 9.13 Å². The van der Waals surface area contributed by atoms with Crippen molar-refractivity contribution in [2.24, 2.45) is 0 Å². The lowest BCUT2D eigenvalue weighted by atomic mass is 9.55. The molecular formula is C62H54N2O13. The third kappa shape index (κ3) is 7.95. The first-order chi connectivity index (χ1) is 37.6. The molecule has 15 heteroatoms. The number of ether oxygens (including phenoxy) is 9. The van der Waals surface area contributed by atoms with Gasteiger partial charge in [0.05, 0.1) is 33.4 Å². The highest BCUT2D eigenvalue weighted by Gasteiger charge is 2.72. The van der Waals surface area contributed by atoms with Crippen LogP contribution in [0.1, 0.15) is 69.2 Å². The van der Waals surface area contributed by atoms with E-state index in [0.717, 1.165) is 23.5 Å². The van der Waals surface area contributed by atoms with Crippen LogP contribution in [0.3, 0.4) is 0 Å². The SMILES string of the molecule is COc1ccc(C(=O)n2c(=O)ccn([C@@H]3O[C@H](COC4(c5ccc(OC)cc5)c5ccccc5Oc5ccccc54)[C@](O)(C4(c5ccc(OC)cc5)c5ccccc5Oc5ccccc54)[C@H]3OC3CCCCO3)c2=O)cc1. The third-order valence-corrected chi connectivity index (χ3v) is 15.4. The predicted molar refractivity (Wildman–Crippen MR) is 283 cm³/mol. The summed E-state index contributed by atoms with van der Waals surface area (Å²) in [6, 6.07) is 52.4. The van der Waals surface area contributed by atoms with Crippen LogP contribution < -0.4 is 34.9 Å². The monoisotopic (exact) mass is 1030 g/mol. The minimum atomic E-state index is -2.37. The van der Waals surface area contributed by atoms with E-state index in [1.807, 2.05) is 146 Å². The molecule has 1 N–H and O–H groups in total. The van der Waals surface area contributed by atoms with Crippen LogP contribution in [-0.4, -0.2) is 78.8 Å². The van der Waals surface area contributed by atoms with Crippen molar-refractivity contribution < 1.29 is 52.5 Å². The third-order valence-electron chi connectivity index (χ3n) is 15.4. The summed E-state index contributed by atoms with van der Waals surface area (Å²) < 4.78 is 60.5. The lowest BCUT2D eigenvalue weighted by Gasteiger charge is -2.53. The molecule has 2 saturated heterocycles. The zero-order valence-electron chi connectivity index (χ0n) is 42.4. The predicted octanol–water partition coefficient (Wildman–Crippen LogP) is 9.52. The summed E-state index contributed by atoms with van der Waals surface area (Å²) in [6.07, 6.45) is -2.30. The number of benzene rings is 7. The van der Waals surface area contributed by atoms with Crippen LogP contribution in [-0.2, 0) is 30.0 Å². The Bertz CT molecular complexity index is 3520. The summed E-state index contributed by atoms with van der Waals surface area (Å²) in [5.41, 5.74) is -3.72. The summed E-state index contributed by atoms with van der Waals surface area (Å²) >= 11 is 0. The highest BCUT2D eigenvalue weighted by Crippen LogP contribution is 2.63. The van der Waals surface area contributed by atoms with Crippen LogP contribution in [0, 0.1) is 0 Å². The minimum Gasteiger partial charge on any atom is -0.497 e. The van der Waals surface area contributed by atoms with Crippen molar-refractivity contribution in [3.8, 4) is 40.2 Å². The van der Waals surface area contributed by atoms with E-state index < -0.39 is 65.1 Å². The molecule has 0 amide bonds. The number of hydrogen-bond acceptors (Lipinski definition) is 13. The standard InChI is InChI=1S/C62H54N2O13/c1-69-42-29-23-39(24-30-42)57(66)64-54(65)35-36-63(59(64)67)58-56(77-55-22-12-13-37-72-55)62(68,60(40-25-31-43(70-2)32-26-40)45-14-4-8-18-49(45)74-50-19-9-5-15-46(50)60)53(76-58)38-73-61(41-27-33-44(71-3)34-28-41)47-16-6-10-20-51(47)75-52-21-11-7-17-48(52)61/h4-11,14-21,23-36,53,55-56,58,68H,12-13,22,37-38H2,1-3H3/t53-,55?,56+,58-,62-/m1/s1. The summed E-state index contributed by atoms with van der Waals surface area (Å²) in [6.45, 7) is -0.0290. The molecule has 390 valence electrons.